The fraction of sp³-hybridized carbons (Fsp3) is 0.250. The Balaban J connectivity index is 1.94. The molecule has 0 amide bonds. The number of hydrogen-bond acceptors (Lipinski definition) is 2. The van der Waals surface area contributed by atoms with Gasteiger partial charge in [0.1, 0.15) is 0 Å². The number of hydrogen-bond donors (Lipinski definition) is 1. The number of carboxylic acids is 1. The van der Waals surface area contributed by atoms with Crippen LogP contribution in [0.4, 0.5) is 0 Å². The Labute approximate surface area is 110 Å². The van der Waals surface area contributed by atoms with Gasteiger partial charge < -0.3 is 5.11 Å². The number of aromatic nitrogens is 1. The molecule has 2 aromatic rings. The van der Waals surface area contributed by atoms with E-state index >= 15 is 0 Å². The first-order chi connectivity index (χ1) is 9.24. The van der Waals surface area contributed by atoms with Gasteiger partial charge in [0.05, 0.1) is 17.0 Å². The first kappa shape index (κ1) is 10.7. The second-order valence-corrected chi connectivity index (χ2v) is 5.34. The van der Waals surface area contributed by atoms with Crippen LogP contribution in [0, 0.1) is 0 Å². The number of rotatable bonds is 2. The summed E-state index contributed by atoms with van der Waals surface area (Å²) in [5.74, 6) is -0.502. The molecule has 0 bridgehead atoms. The number of benzene rings is 1. The smallest absolute Gasteiger partial charge is 0.337 e. The topological polar surface area (TPSA) is 50.2 Å². The number of pyridine rings is 1. The van der Waals surface area contributed by atoms with E-state index in [0.717, 1.165) is 41.8 Å². The Morgan fingerprint density at radius 3 is 2.74 bits per heavy atom. The lowest BCUT2D eigenvalue weighted by Gasteiger charge is -2.08. The van der Waals surface area contributed by atoms with Gasteiger partial charge >= 0.3 is 5.97 Å². The lowest BCUT2D eigenvalue weighted by molar-refractivity contribution is 0.0695. The van der Waals surface area contributed by atoms with Gasteiger partial charge in [0.15, 0.2) is 0 Å². The van der Waals surface area contributed by atoms with Crippen molar-refractivity contribution in [2.45, 2.75) is 25.2 Å². The Kier molecular flexibility index (Phi) is 2.07. The van der Waals surface area contributed by atoms with Crippen LogP contribution >= 0.6 is 0 Å². The summed E-state index contributed by atoms with van der Waals surface area (Å²) in [6.45, 7) is 0. The first-order valence-corrected chi connectivity index (χ1v) is 6.59. The minimum Gasteiger partial charge on any atom is -0.478 e. The van der Waals surface area contributed by atoms with E-state index in [0.29, 0.717) is 11.5 Å². The molecule has 94 valence electrons. The predicted molar refractivity (Wildman–Crippen MR) is 71.4 cm³/mol. The Bertz CT molecular complexity index is 702. The van der Waals surface area contributed by atoms with E-state index in [4.69, 9.17) is 4.98 Å². The quantitative estimate of drug-likeness (QED) is 0.760. The molecule has 2 aliphatic rings. The van der Waals surface area contributed by atoms with Crippen molar-refractivity contribution in [2.24, 2.45) is 0 Å². The molecule has 1 aromatic carbocycles. The molecule has 4 rings (SSSR count). The van der Waals surface area contributed by atoms with Crippen LogP contribution in [0.2, 0.25) is 0 Å². The summed E-state index contributed by atoms with van der Waals surface area (Å²) in [5.41, 5.74) is 5.62. The summed E-state index contributed by atoms with van der Waals surface area (Å²) in [7, 11) is 0. The average Bonchev–Trinajstić information content (AvgIpc) is 3.18. The summed E-state index contributed by atoms with van der Waals surface area (Å²) in [6.07, 6.45) is 2.92. The van der Waals surface area contributed by atoms with Gasteiger partial charge in [-0.15, -0.1) is 0 Å². The van der Waals surface area contributed by atoms with Gasteiger partial charge in [0.25, 0.3) is 0 Å². The number of carbonyl (C=O) groups is 1. The third kappa shape index (κ3) is 1.58. The number of aromatic carboxylic acids is 1. The van der Waals surface area contributed by atoms with Crippen molar-refractivity contribution in [1.29, 1.82) is 0 Å². The highest BCUT2D eigenvalue weighted by molar-refractivity contribution is 5.91. The van der Waals surface area contributed by atoms with Crippen molar-refractivity contribution in [1.82, 2.24) is 4.98 Å². The van der Waals surface area contributed by atoms with E-state index in [2.05, 4.69) is 12.1 Å². The number of nitrogens with zero attached hydrogens (tertiary/aromatic N) is 1. The Morgan fingerprint density at radius 2 is 2.00 bits per heavy atom. The second kappa shape index (κ2) is 3.67. The lowest BCUT2D eigenvalue weighted by Crippen LogP contribution is -2.06. The standard InChI is InChI=1S/C16H13NO2/c18-16(19)13-8-11-7-10-3-1-2-4-12(10)15(11)17-14(13)9-5-6-9/h1-4,8-9H,5-7H2,(H,18,19). The fourth-order valence-electron chi connectivity index (χ4n) is 2.89. The summed E-state index contributed by atoms with van der Waals surface area (Å²) >= 11 is 0. The molecular formula is C16H13NO2. The van der Waals surface area contributed by atoms with Gasteiger partial charge in [0.2, 0.25) is 0 Å². The molecule has 1 heterocycles. The lowest BCUT2D eigenvalue weighted by atomic mass is 10.0. The normalized spacial score (nSPS) is 16.0. The molecule has 1 fully saturated rings. The molecular weight excluding hydrogens is 238 g/mol. The summed E-state index contributed by atoms with van der Waals surface area (Å²) < 4.78 is 0. The predicted octanol–water partition coefficient (Wildman–Crippen LogP) is 3.23. The second-order valence-electron chi connectivity index (χ2n) is 5.34. The van der Waals surface area contributed by atoms with Gasteiger partial charge in [-0.25, -0.2) is 4.79 Å². The van der Waals surface area contributed by atoms with E-state index in [1.807, 2.05) is 18.2 Å². The van der Waals surface area contributed by atoms with E-state index in [1.165, 1.54) is 5.56 Å². The van der Waals surface area contributed by atoms with Gasteiger partial charge in [-0.1, -0.05) is 24.3 Å². The van der Waals surface area contributed by atoms with Gasteiger partial charge in [-0.2, -0.15) is 0 Å². The molecule has 0 spiro atoms. The molecule has 0 unspecified atom stereocenters. The third-order valence-electron chi connectivity index (χ3n) is 3.98. The molecule has 1 N–H and O–H groups in total. The molecule has 3 heteroatoms. The molecule has 19 heavy (non-hydrogen) atoms. The van der Waals surface area contributed by atoms with Crippen molar-refractivity contribution in [2.75, 3.05) is 0 Å². The van der Waals surface area contributed by atoms with Crippen molar-refractivity contribution in [3.8, 4) is 11.3 Å². The van der Waals surface area contributed by atoms with E-state index in [1.54, 1.807) is 0 Å². The zero-order chi connectivity index (χ0) is 13.0. The maximum atomic E-state index is 11.4. The molecule has 3 nitrogen and oxygen atoms in total. The highest BCUT2D eigenvalue weighted by atomic mass is 16.4. The monoisotopic (exact) mass is 251 g/mol. The number of fused-ring (bicyclic) bond motifs is 3. The minimum atomic E-state index is -0.854. The summed E-state index contributed by atoms with van der Waals surface area (Å²) in [4.78, 5) is 16.1. The fourth-order valence-corrected chi connectivity index (χ4v) is 2.89. The van der Waals surface area contributed by atoms with Crippen molar-refractivity contribution in [3.05, 3.63) is 52.7 Å². The summed E-state index contributed by atoms with van der Waals surface area (Å²) in [5, 5.41) is 9.35. The molecule has 0 aliphatic heterocycles. The first-order valence-electron chi connectivity index (χ1n) is 6.59. The van der Waals surface area contributed by atoms with E-state index < -0.39 is 5.97 Å². The van der Waals surface area contributed by atoms with E-state index in [-0.39, 0.29) is 0 Å². The van der Waals surface area contributed by atoms with Gasteiger partial charge in [0, 0.05) is 17.9 Å². The largest absolute Gasteiger partial charge is 0.478 e. The Hall–Kier alpha value is -2.16. The zero-order valence-electron chi connectivity index (χ0n) is 10.4. The van der Waals surface area contributed by atoms with E-state index in [9.17, 15) is 9.90 Å². The third-order valence-corrected chi connectivity index (χ3v) is 3.98. The van der Waals surface area contributed by atoms with Crippen molar-refractivity contribution < 1.29 is 9.90 Å². The van der Waals surface area contributed by atoms with Crippen LogP contribution in [0.5, 0.6) is 0 Å². The van der Waals surface area contributed by atoms with Crippen LogP contribution in [-0.2, 0) is 6.42 Å². The SMILES string of the molecule is O=C(O)c1cc2c(nc1C1CC1)-c1ccccc1C2. The molecule has 1 aromatic heterocycles. The molecule has 0 atom stereocenters. The zero-order valence-corrected chi connectivity index (χ0v) is 10.4. The highest BCUT2D eigenvalue weighted by Crippen LogP contribution is 2.44. The number of carboxylic acid groups (broad SMARTS) is 1. The maximum Gasteiger partial charge on any atom is 0.337 e. The van der Waals surface area contributed by atoms with Crippen molar-refractivity contribution >= 4 is 5.97 Å². The van der Waals surface area contributed by atoms with Crippen molar-refractivity contribution in [3.63, 3.8) is 0 Å². The van der Waals surface area contributed by atoms with Crippen LogP contribution < -0.4 is 0 Å². The van der Waals surface area contributed by atoms with Gasteiger partial charge in [-0.3, -0.25) is 4.98 Å². The Morgan fingerprint density at radius 1 is 1.21 bits per heavy atom. The molecule has 0 radical (unpaired) electrons. The van der Waals surface area contributed by atoms with Crippen LogP contribution in [0.3, 0.4) is 0 Å². The molecule has 1 saturated carbocycles. The molecule has 2 aliphatic carbocycles. The van der Waals surface area contributed by atoms with Crippen LogP contribution in [0.15, 0.2) is 30.3 Å². The van der Waals surface area contributed by atoms with Gasteiger partial charge in [-0.05, 0) is 30.0 Å². The van der Waals surface area contributed by atoms with Crippen LogP contribution in [-0.4, -0.2) is 16.1 Å². The minimum absolute atomic E-state index is 0.351. The summed E-state index contributed by atoms with van der Waals surface area (Å²) in [6, 6.07) is 10.0. The van der Waals surface area contributed by atoms with Crippen LogP contribution in [0.1, 0.15) is 45.9 Å². The average molecular weight is 251 g/mol. The maximum absolute atomic E-state index is 11.4. The van der Waals surface area contributed by atoms with Crippen LogP contribution in [0.25, 0.3) is 11.3 Å². The highest BCUT2D eigenvalue weighted by Gasteiger charge is 2.32. The molecule has 0 saturated heterocycles.